The fourth-order valence-electron chi connectivity index (χ4n) is 3.15. The summed E-state index contributed by atoms with van der Waals surface area (Å²) in [5, 5.41) is 10.1. The zero-order valence-corrected chi connectivity index (χ0v) is 15.3. The molecule has 0 bridgehead atoms. The predicted molar refractivity (Wildman–Crippen MR) is 90.6 cm³/mol. The number of carbonyl (C=O) groups excluding carboxylic acids is 1. The van der Waals surface area contributed by atoms with Crippen LogP contribution in [0.2, 0.25) is 0 Å². The van der Waals surface area contributed by atoms with E-state index in [1.807, 2.05) is 19.2 Å². The molecule has 24 heavy (non-hydrogen) atoms. The van der Waals surface area contributed by atoms with E-state index in [2.05, 4.69) is 32.3 Å². The van der Waals surface area contributed by atoms with Gasteiger partial charge in [0.1, 0.15) is 10.5 Å². The number of hydrogen-bond acceptors (Lipinski definition) is 7. The summed E-state index contributed by atoms with van der Waals surface area (Å²) in [5.74, 6) is 1.31. The number of hydrogen-bond donors (Lipinski definition) is 1. The van der Waals surface area contributed by atoms with Crippen LogP contribution >= 0.6 is 11.3 Å². The van der Waals surface area contributed by atoms with E-state index in [0.29, 0.717) is 12.4 Å². The predicted octanol–water partition coefficient (Wildman–Crippen LogP) is 2.20. The Balaban J connectivity index is 1.82. The Labute approximate surface area is 145 Å². The molecular weight excluding hydrogens is 326 g/mol. The van der Waals surface area contributed by atoms with E-state index in [0.717, 1.165) is 35.9 Å². The van der Waals surface area contributed by atoms with Gasteiger partial charge in [0.2, 0.25) is 11.8 Å². The van der Waals surface area contributed by atoms with Gasteiger partial charge in [-0.25, -0.2) is 4.98 Å². The van der Waals surface area contributed by atoms with Gasteiger partial charge >= 0.3 is 0 Å². The Bertz CT molecular complexity index is 728. The third-order valence-corrected chi connectivity index (χ3v) is 5.61. The summed E-state index contributed by atoms with van der Waals surface area (Å²) in [6.45, 7) is 9.11. The summed E-state index contributed by atoms with van der Waals surface area (Å²) in [6, 6.07) is 0.00879. The number of carbonyl (C=O) groups is 1. The van der Waals surface area contributed by atoms with E-state index in [9.17, 15) is 4.79 Å². The lowest BCUT2D eigenvalue weighted by Crippen LogP contribution is -2.47. The third kappa shape index (κ3) is 3.21. The molecule has 1 fully saturated rings. The van der Waals surface area contributed by atoms with Gasteiger partial charge in [-0.1, -0.05) is 12.1 Å². The highest BCUT2D eigenvalue weighted by atomic mass is 32.1. The molecule has 7 nitrogen and oxygen atoms in total. The largest absolute Gasteiger partial charge is 0.343 e. The maximum Gasteiger partial charge on any atom is 0.243 e. The lowest BCUT2D eigenvalue weighted by Gasteiger charge is -2.29. The second-order valence-corrected chi connectivity index (χ2v) is 7.21. The molecule has 130 valence electrons. The maximum absolute atomic E-state index is 11.8. The van der Waals surface area contributed by atoms with E-state index >= 15 is 0 Å². The molecule has 0 saturated carbocycles. The van der Waals surface area contributed by atoms with Gasteiger partial charge in [-0.05, 0) is 20.3 Å². The Morgan fingerprint density at radius 1 is 1.54 bits per heavy atom. The number of rotatable bonds is 5. The van der Waals surface area contributed by atoms with Crippen molar-refractivity contribution in [3.8, 4) is 0 Å². The molecule has 3 rings (SSSR count). The average molecular weight is 349 g/mol. The standard InChI is InChI=1S/C16H23N5O2S/c1-5-13-18-14(23-20-13)11(3)21-7-6-16(9-21,19-12(4)22)15-17-10(2)8-24-15/h8,11H,5-7,9H2,1-4H3,(H,19,22). The maximum atomic E-state index is 11.8. The van der Waals surface area contributed by atoms with Gasteiger partial charge in [0, 0.05) is 37.5 Å². The molecule has 0 spiro atoms. The van der Waals surface area contributed by atoms with Crippen LogP contribution in [0.1, 0.15) is 55.7 Å². The lowest BCUT2D eigenvalue weighted by molar-refractivity contribution is -0.120. The first-order valence-electron chi connectivity index (χ1n) is 8.21. The SMILES string of the molecule is CCc1noc(C(C)N2CCC(NC(C)=O)(c3nc(C)cs3)C2)n1. The van der Waals surface area contributed by atoms with E-state index < -0.39 is 5.54 Å². The molecule has 1 saturated heterocycles. The molecule has 2 atom stereocenters. The Morgan fingerprint density at radius 3 is 2.92 bits per heavy atom. The number of aryl methyl sites for hydroxylation is 2. The van der Waals surface area contributed by atoms with Crippen LogP contribution in [0.15, 0.2) is 9.90 Å². The molecule has 2 aromatic rings. The van der Waals surface area contributed by atoms with Gasteiger partial charge in [0.15, 0.2) is 5.82 Å². The second kappa shape index (κ2) is 6.60. The van der Waals surface area contributed by atoms with Crippen molar-refractivity contribution in [1.29, 1.82) is 0 Å². The molecule has 1 aliphatic heterocycles. The van der Waals surface area contributed by atoms with Crippen molar-refractivity contribution in [3.05, 3.63) is 27.8 Å². The van der Waals surface area contributed by atoms with Crippen molar-refractivity contribution in [3.63, 3.8) is 0 Å². The van der Waals surface area contributed by atoms with Crippen LogP contribution < -0.4 is 5.32 Å². The summed E-state index contributed by atoms with van der Waals surface area (Å²) in [5.41, 5.74) is 0.544. The second-order valence-electron chi connectivity index (χ2n) is 6.36. The quantitative estimate of drug-likeness (QED) is 0.891. The van der Waals surface area contributed by atoms with Crippen molar-refractivity contribution in [2.45, 2.75) is 52.1 Å². The van der Waals surface area contributed by atoms with Crippen LogP contribution in [-0.2, 0) is 16.8 Å². The molecule has 1 amide bonds. The summed E-state index contributed by atoms with van der Waals surface area (Å²) < 4.78 is 5.39. The summed E-state index contributed by atoms with van der Waals surface area (Å²) in [4.78, 5) is 23.1. The fourth-order valence-corrected chi connectivity index (χ4v) is 4.12. The zero-order chi connectivity index (χ0) is 17.3. The minimum Gasteiger partial charge on any atom is -0.343 e. The average Bonchev–Trinajstić information content (AvgIpc) is 3.25. The van der Waals surface area contributed by atoms with Crippen LogP contribution in [0.4, 0.5) is 0 Å². The van der Waals surface area contributed by atoms with Gasteiger partial charge in [0.05, 0.1) is 6.04 Å². The number of nitrogens with zero attached hydrogens (tertiary/aromatic N) is 4. The molecular formula is C16H23N5O2S. The van der Waals surface area contributed by atoms with Crippen molar-refractivity contribution >= 4 is 17.2 Å². The molecule has 2 aromatic heterocycles. The zero-order valence-electron chi connectivity index (χ0n) is 14.5. The molecule has 1 aliphatic rings. The van der Waals surface area contributed by atoms with E-state index in [1.165, 1.54) is 0 Å². The molecule has 0 aliphatic carbocycles. The molecule has 0 radical (unpaired) electrons. The summed E-state index contributed by atoms with van der Waals surface area (Å²) >= 11 is 1.60. The number of aromatic nitrogens is 3. The number of amides is 1. The monoisotopic (exact) mass is 349 g/mol. The van der Waals surface area contributed by atoms with Crippen LogP contribution in [0.3, 0.4) is 0 Å². The van der Waals surface area contributed by atoms with Gasteiger partial charge in [0.25, 0.3) is 0 Å². The van der Waals surface area contributed by atoms with Crippen LogP contribution in [0.5, 0.6) is 0 Å². The Morgan fingerprint density at radius 2 is 2.33 bits per heavy atom. The highest BCUT2D eigenvalue weighted by Gasteiger charge is 2.44. The van der Waals surface area contributed by atoms with Crippen LogP contribution in [-0.4, -0.2) is 39.0 Å². The van der Waals surface area contributed by atoms with Crippen molar-refractivity contribution < 1.29 is 9.32 Å². The first-order chi connectivity index (χ1) is 11.4. The third-order valence-electron chi connectivity index (χ3n) is 4.45. The Hall–Kier alpha value is -1.80. The van der Waals surface area contributed by atoms with Gasteiger partial charge < -0.3 is 9.84 Å². The van der Waals surface area contributed by atoms with Crippen LogP contribution in [0.25, 0.3) is 0 Å². The number of likely N-dealkylation sites (tertiary alicyclic amines) is 1. The summed E-state index contributed by atoms with van der Waals surface area (Å²) in [7, 11) is 0. The molecule has 0 aromatic carbocycles. The smallest absolute Gasteiger partial charge is 0.243 e. The Kier molecular flexibility index (Phi) is 4.69. The molecule has 2 unspecified atom stereocenters. The number of thiazole rings is 1. The topological polar surface area (TPSA) is 84.2 Å². The fraction of sp³-hybridized carbons (Fsp3) is 0.625. The van der Waals surface area contributed by atoms with E-state index in [4.69, 9.17) is 4.52 Å². The normalized spacial score (nSPS) is 22.7. The van der Waals surface area contributed by atoms with Crippen LogP contribution in [0, 0.1) is 6.92 Å². The van der Waals surface area contributed by atoms with Gasteiger partial charge in [-0.2, -0.15) is 4.98 Å². The molecule has 8 heteroatoms. The van der Waals surface area contributed by atoms with Crippen molar-refractivity contribution in [1.82, 2.24) is 25.3 Å². The highest BCUT2D eigenvalue weighted by Crippen LogP contribution is 2.37. The van der Waals surface area contributed by atoms with Gasteiger partial charge in [-0.15, -0.1) is 11.3 Å². The number of nitrogens with one attached hydrogen (secondary N) is 1. The highest BCUT2D eigenvalue weighted by molar-refractivity contribution is 7.09. The minimum absolute atomic E-state index is 0.00879. The summed E-state index contributed by atoms with van der Waals surface area (Å²) in [6.07, 6.45) is 1.57. The minimum atomic E-state index is -0.438. The van der Waals surface area contributed by atoms with E-state index in [-0.39, 0.29) is 11.9 Å². The van der Waals surface area contributed by atoms with E-state index in [1.54, 1.807) is 18.3 Å². The van der Waals surface area contributed by atoms with Gasteiger partial charge in [-0.3, -0.25) is 9.69 Å². The van der Waals surface area contributed by atoms with Crippen molar-refractivity contribution in [2.75, 3.05) is 13.1 Å². The first-order valence-corrected chi connectivity index (χ1v) is 9.09. The molecule has 1 N–H and O–H groups in total. The van der Waals surface area contributed by atoms with Crippen molar-refractivity contribution in [2.24, 2.45) is 0 Å². The lowest BCUT2D eigenvalue weighted by atomic mass is 9.99. The first kappa shape index (κ1) is 17.0. The molecule has 3 heterocycles.